The maximum Gasteiger partial charge on any atom is 0.128 e. The predicted molar refractivity (Wildman–Crippen MR) is 83.8 cm³/mol. The Bertz CT molecular complexity index is 624. The highest BCUT2D eigenvalue weighted by Gasteiger charge is 2.19. The lowest BCUT2D eigenvalue weighted by Gasteiger charge is -2.19. The van der Waals surface area contributed by atoms with E-state index in [9.17, 15) is 8.78 Å². The summed E-state index contributed by atoms with van der Waals surface area (Å²) in [6, 6.07) is 7.70. The fourth-order valence-electron chi connectivity index (χ4n) is 2.13. The van der Waals surface area contributed by atoms with Crippen LogP contribution in [0.1, 0.15) is 22.7 Å². The van der Waals surface area contributed by atoms with E-state index in [2.05, 4.69) is 37.2 Å². The summed E-state index contributed by atoms with van der Waals surface area (Å²) >= 11 is 6.80. The van der Waals surface area contributed by atoms with E-state index in [1.165, 1.54) is 12.1 Å². The zero-order valence-electron chi connectivity index (χ0n) is 11.0. The van der Waals surface area contributed by atoms with Crippen LogP contribution in [0.5, 0.6) is 0 Å². The maximum atomic E-state index is 14.1. The van der Waals surface area contributed by atoms with Gasteiger partial charge in [0.2, 0.25) is 0 Å². The highest BCUT2D eigenvalue weighted by Crippen LogP contribution is 2.30. The predicted octanol–water partition coefficient (Wildman–Crippen LogP) is 5.11. The van der Waals surface area contributed by atoms with Gasteiger partial charge in [0.05, 0.1) is 6.04 Å². The van der Waals surface area contributed by atoms with E-state index in [1.807, 2.05) is 18.2 Å². The molecule has 0 bridgehead atoms. The van der Waals surface area contributed by atoms with Crippen molar-refractivity contribution >= 4 is 31.9 Å². The SMILES string of the molecule is CNC(c1cc(Br)cc(Br)c1)c1cc(F)c(C)cc1F. The van der Waals surface area contributed by atoms with Crippen LogP contribution in [-0.2, 0) is 0 Å². The Kier molecular flexibility index (Phi) is 4.94. The van der Waals surface area contributed by atoms with Crippen molar-refractivity contribution < 1.29 is 8.78 Å². The van der Waals surface area contributed by atoms with Crippen molar-refractivity contribution in [3.63, 3.8) is 0 Å². The Balaban J connectivity index is 2.55. The zero-order valence-corrected chi connectivity index (χ0v) is 14.1. The molecule has 0 saturated heterocycles. The van der Waals surface area contributed by atoms with Gasteiger partial charge in [-0.1, -0.05) is 31.9 Å². The van der Waals surface area contributed by atoms with Gasteiger partial charge < -0.3 is 5.32 Å². The van der Waals surface area contributed by atoms with Crippen molar-refractivity contribution in [2.45, 2.75) is 13.0 Å². The first-order valence-corrected chi connectivity index (χ1v) is 7.59. The van der Waals surface area contributed by atoms with Crippen LogP contribution in [-0.4, -0.2) is 7.05 Å². The first-order chi connectivity index (χ1) is 9.42. The Morgan fingerprint density at radius 2 is 1.55 bits per heavy atom. The minimum atomic E-state index is -0.418. The topological polar surface area (TPSA) is 12.0 Å². The van der Waals surface area contributed by atoms with E-state index in [4.69, 9.17) is 0 Å². The highest BCUT2D eigenvalue weighted by atomic mass is 79.9. The maximum absolute atomic E-state index is 14.1. The van der Waals surface area contributed by atoms with Crippen LogP contribution in [0, 0.1) is 18.6 Å². The molecule has 2 rings (SSSR count). The quantitative estimate of drug-likeness (QED) is 0.749. The van der Waals surface area contributed by atoms with E-state index in [1.54, 1.807) is 14.0 Å². The first kappa shape index (κ1) is 15.6. The molecule has 0 aromatic heterocycles. The first-order valence-electron chi connectivity index (χ1n) is 6.01. The van der Waals surface area contributed by atoms with E-state index in [-0.39, 0.29) is 0 Å². The lowest BCUT2D eigenvalue weighted by molar-refractivity contribution is 0.553. The second kappa shape index (κ2) is 6.33. The largest absolute Gasteiger partial charge is 0.309 e. The van der Waals surface area contributed by atoms with Crippen LogP contribution in [0.2, 0.25) is 0 Å². The monoisotopic (exact) mass is 403 g/mol. The standard InChI is InChI=1S/C15H13Br2F2N/c1-8-3-14(19)12(7-13(8)18)15(20-2)9-4-10(16)6-11(17)5-9/h3-7,15,20H,1-2H3. The average molecular weight is 405 g/mol. The molecular weight excluding hydrogens is 392 g/mol. The van der Waals surface area contributed by atoms with Gasteiger partial charge in [0.1, 0.15) is 11.6 Å². The molecular formula is C15H13Br2F2N. The van der Waals surface area contributed by atoms with Gasteiger partial charge in [0.15, 0.2) is 0 Å². The molecule has 2 aromatic carbocycles. The molecule has 0 fully saturated rings. The minimum Gasteiger partial charge on any atom is -0.309 e. The molecule has 0 aliphatic heterocycles. The Hall–Kier alpha value is -0.780. The molecule has 2 aromatic rings. The normalized spacial score (nSPS) is 12.5. The van der Waals surface area contributed by atoms with Gasteiger partial charge in [-0.2, -0.15) is 0 Å². The Morgan fingerprint density at radius 1 is 0.950 bits per heavy atom. The molecule has 0 spiro atoms. The summed E-state index contributed by atoms with van der Waals surface area (Å²) in [5, 5.41) is 3.03. The number of nitrogens with one attached hydrogen (secondary N) is 1. The van der Waals surface area contributed by atoms with Crippen molar-refractivity contribution in [3.05, 3.63) is 67.6 Å². The highest BCUT2D eigenvalue weighted by molar-refractivity contribution is 9.11. The van der Waals surface area contributed by atoms with Crippen molar-refractivity contribution in [3.8, 4) is 0 Å². The second-order valence-corrected chi connectivity index (χ2v) is 6.38. The van der Waals surface area contributed by atoms with Gasteiger partial charge in [-0.3, -0.25) is 0 Å². The summed E-state index contributed by atoms with van der Waals surface area (Å²) in [6.07, 6.45) is 0. The number of rotatable bonds is 3. The number of benzene rings is 2. The van der Waals surface area contributed by atoms with Gasteiger partial charge in [0.25, 0.3) is 0 Å². The minimum absolute atomic E-state index is 0.292. The summed E-state index contributed by atoms with van der Waals surface area (Å²) in [7, 11) is 1.72. The molecule has 5 heteroatoms. The molecule has 0 heterocycles. The smallest absolute Gasteiger partial charge is 0.128 e. The average Bonchev–Trinajstić information content (AvgIpc) is 2.35. The second-order valence-electron chi connectivity index (χ2n) is 4.55. The fourth-order valence-corrected chi connectivity index (χ4v) is 3.46. The summed E-state index contributed by atoms with van der Waals surface area (Å²) in [6.45, 7) is 1.55. The molecule has 1 atom stereocenters. The van der Waals surface area contributed by atoms with Crippen LogP contribution in [0.25, 0.3) is 0 Å². The molecule has 0 aliphatic carbocycles. The third kappa shape index (κ3) is 3.27. The van der Waals surface area contributed by atoms with Gasteiger partial charge in [0, 0.05) is 14.5 Å². The lowest BCUT2D eigenvalue weighted by atomic mass is 9.97. The van der Waals surface area contributed by atoms with Crippen LogP contribution in [0.4, 0.5) is 8.78 Å². The summed E-state index contributed by atoms with van der Waals surface area (Å²) in [5.74, 6) is -0.824. The van der Waals surface area contributed by atoms with Crippen molar-refractivity contribution in [1.29, 1.82) is 0 Å². The van der Waals surface area contributed by atoms with Crippen molar-refractivity contribution in [1.82, 2.24) is 5.32 Å². The van der Waals surface area contributed by atoms with Crippen LogP contribution >= 0.6 is 31.9 Å². The van der Waals surface area contributed by atoms with E-state index >= 15 is 0 Å². The number of aryl methyl sites for hydroxylation is 1. The van der Waals surface area contributed by atoms with Gasteiger partial charge in [-0.25, -0.2) is 8.78 Å². The van der Waals surface area contributed by atoms with E-state index < -0.39 is 17.7 Å². The summed E-state index contributed by atoms with van der Waals surface area (Å²) in [4.78, 5) is 0. The van der Waals surface area contributed by atoms with Gasteiger partial charge in [-0.15, -0.1) is 0 Å². The number of hydrogen-bond donors (Lipinski definition) is 1. The molecule has 0 amide bonds. The van der Waals surface area contributed by atoms with E-state index in [0.29, 0.717) is 11.1 Å². The third-order valence-electron chi connectivity index (χ3n) is 3.10. The zero-order chi connectivity index (χ0) is 14.9. The number of hydrogen-bond acceptors (Lipinski definition) is 1. The molecule has 1 N–H and O–H groups in total. The van der Waals surface area contributed by atoms with Crippen molar-refractivity contribution in [2.75, 3.05) is 7.05 Å². The number of halogens is 4. The lowest BCUT2D eigenvalue weighted by Crippen LogP contribution is -2.19. The summed E-state index contributed by atoms with van der Waals surface area (Å²) < 4.78 is 29.6. The molecule has 1 unspecified atom stereocenters. The Morgan fingerprint density at radius 3 is 2.10 bits per heavy atom. The van der Waals surface area contributed by atoms with Crippen LogP contribution in [0.3, 0.4) is 0 Å². The molecule has 0 aliphatic rings. The fraction of sp³-hybridized carbons (Fsp3) is 0.200. The van der Waals surface area contributed by atoms with Gasteiger partial charge in [-0.05, 0) is 55.4 Å². The molecule has 0 saturated carbocycles. The van der Waals surface area contributed by atoms with Gasteiger partial charge >= 0.3 is 0 Å². The third-order valence-corrected chi connectivity index (χ3v) is 4.01. The van der Waals surface area contributed by atoms with E-state index in [0.717, 1.165) is 14.5 Å². The molecule has 1 nitrogen and oxygen atoms in total. The van der Waals surface area contributed by atoms with Crippen molar-refractivity contribution in [2.24, 2.45) is 0 Å². The van der Waals surface area contributed by atoms with Crippen LogP contribution < -0.4 is 5.32 Å². The summed E-state index contributed by atoms with van der Waals surface area (Å²) in [5.41, 5.74) is 1.44. The van der Waals surface area contributed by atoms with Crippen LogP contribution in [0.15, 0.2) is 39.3 Å². The molecule has 0 radical (unpaired) electrons. The Labute approximate surface area is 133 Å². The molecule has 20 heavy (non-hydrogen) atoms. The molecule has 106 valence electrons.